The molecule has 7 heteroatoms. The number of nitrogens with zero attached hydrogens (tertiary/aromatic N) is 1. The van der Waals surface area contributed by atoms with E-state index >= 15 is 0 Å². The molecule has 31 heavy (non-hydrogen) atoms. The second-order valence-corrected chi connectivity index (χ2v) is 7.23. The van der Waals surface area contributed by atoms with Gasteiger partial charge in [-0.05, 0) is 55.0 Å². The molecular formula is C24H18FNO5. The number of furan rings is 1. The van der Waals surface area contributed by atoms with Crippen molar-refractivity contribution in [1.82, 2.24) is 4.90 Å². The maximum Gasteiger partial charge on any atom is 0.291 e. The van der Waals surface area contributed by atoms with Crippen LogP contribution in [0.5, 0.6) is 5.75 Å². The largest absolute Gasteiger partial charge is 0.494 e. The fraction of sp³-hybridized carbons (Fsp3) is 0.167. The molecule has 0 saturated carbocycles. The van der Waals surface area contributed by atoms with Crippen molar-refractivity contribution in [2.75, 3.05) is 6.61 Å². The lowest BCUT2D eigenvalue weighted by atomic mass is 9.98. The Morgan fingerprint density at radius 2 is 1.97 bits per heavy atom. The number of carbonyl (C=O) groups excluding carboxylic acids is 1. The number of carbonyl (C=O) groups is 1. The highest BCUT2D eigenvalue weighted by molar-refractivity contribution is 5.99. The number of hydrogen-bond donors (Lipinski definition) is 0. The van der Waals surface area contributed by atoms with E-state index in [4.69, 9.17) is 13.6 Å². The van der Waals surface area contributed by atoms with E-state index in [9.17, 15) is 14.0 Å². The SMILES string of the molecule is CCOc1cccc(C2c3c(oc4ccc(F)cc4c3=O)C(=O)N2Cc2ccco2)c1. The Bertz CT molecular complexity index is 1340. The number of amides is 1. The van der Waals surface area contributed by atoms with E-state index in [1.165, 1.54) is 23.3 Å². The van der Waals surface area contributed by atoms with Crippen LogP contribution in [-0.4, -0.2) is 17.4 Å². The van der Waals surface area contributed by atoms with Crippen molar-refractivity contribution in [3.05, 3.63) is 99.5 Å². The maximum absolute atomic E-state index is 13.8. The minimum atomic E-state index is -0.725. The summed E-state index contributed by atoms with van der Waals surface area (Å²) in [5, 5.41) is 0.0948. The molecule has 4 aromatic rings. The van der Waals surface area contributed by atoms with Crippen LogP contribution >= 0.6 is 0 Å². The van der Waals surface area contributed by atoms with Gasteiger partial charge in [0.1, 0.15) is 22.9 Å². The lowest BCUT2D eigenvalue weighted by molar-refractivity contribution is 0.0701. The van der Waals surface area contributed by atoms with Crippen LogP contribution in [0, 0.1) is 5.82 Å². The van der Waals surface area contributed by atoms with Crippen molar-refractivity contribution in [3.63, 3.8) is 0 Å². The van der Waals surface area contributed by atoms with Crippen molar-refractivity contribution in [2.24, 2.45) is 0 Å². The highest BCUT2D eigenvalue weighted by atomic mass is 19.1. The summed E-state index contributed by atoms with van der Waals surface area (Å²) in [4.78, 5) is 28.2. The standard InChI is InChI=1S/C24H18FNO5/c1-2-29-16-6-3-5-14(11-16)21-20-22(27)18-12-15(25)8-9-19(18)31-23(20)24(28)26(21)13-17-7-4-10-30-17/h3-12,21H,2,13H2,1H3. The fourth-order valence-electron chi connectivity index (χ4n) is 4.01. The second kappa shape index (κ2) is 7.43. The molecule has 3 heterocycles. The minimum Gasteiger partial charge on any atom is -0.494 e. The lowest BCUT2D eigenvalue weighted by Gasteiger charge is -2.24. The van der Waals surface area contributed by atoms with Gasteiger partial charge in [-0.15, -0.1) is 0 Å². The van der Waals surface area contributed by atoms with Gasteiger partial charge in [0.2, 0.25) is 5.76 Å². The van der Waals surface area contributed by atoms with Gasteiger partial charge in [-0.1, -0.05) is 12.1 Å². The van der Waals surface area contributed by atoms with Crippen molar-refractivity contribution >= 4 is 16.9 Å². The molecule has 0 N–H and O–H groups in total. The van der Waals surface area contributed by atoms with E-state index in [0.717, 1.165) is 6.07 Å². The molecule has 1 aliphatic rings. The van der Waals surface area contributed by atoms with Crippen molar-refractivity contribution in [2.45, 2.75) is 19.5 Å². The van der Waals surface area contributed by atoms with Gasteiger partial charge in [0, 0.05) is 0 Å². The van der Waals surface area contributed by atoms with E-state index < -0.39 is 23.2 Å². The van der Waals surface area contributed by atoms with Gasteiger partial charge in [-0.25, -0.2) is 4.39 Å². The number of hydrogen-bond acceptors (Lipinski definition) is 5. The lowest BCUT2D eigenvalue weighted by Crippen LogP contribution is -2.29. The molecule has 0 aliphatic carbocycles. The zero-order valence-corrected chi connectivity index (χ0v) is 16.6. The summed E-state index contributed by atoms with van der Waals surface area (Å²) < 4.78 is 30.7. The van der Waals surface area contributed by atoms with E-state index in [1.54, 1.807) is 30.3 Å². The first-order valence-electron chi connectivity index (χ1n) is 9.89. The molecule has 5 rings (SSSR count). The Labute approximate surface area is 176 Å². The van der Waals surface area contributed by atoms with E-state index in [0.29, 0.717) is 23.7 Å². The molecule has 1 atom stereocenters. The third-order valence-corrected chi connectivity index (χ3v) is 5.32. The first-order chi connectivity index (χ1) is 15.1. The Hall–Kier alpha value is -3.87. The van der Waals surface area contributed by atoms with Gasteiger partial charge in [-0.3, -0.25) is 9.59 Å². The topological polar surface area (TPSA) is 72.9 Å². The fourth-order valence-corrected chi connectivity index (χ4v) is 4.01. The van der Waals surface area contributed by atoms with Crippen LogP contribution in [-0.2, 0) is 6.54 Å². The monoisotopic (exact) mass is 419 g/mol. The van der Waals surface area contributed by atoms with Gasteiger partial charge < -0.3 is 18.5 Å². The van der Waals surface area contributed by atoms with Crippen LogP contribution in [0.3, 0.4) is 0 Å². The molecular weight excluding hydrogens is 401 g/mol. The van der Waals surface area contributed by atoms with Crippen LogP contribution in [0.25, 0.3) is 11.0 Å². The Kier molecular flexibility index (Phi) is 4.58. The molecule has 0 fully saturated rings. The quantitative estimate of drug-likeness (QED) is 0.470. The predicted molar refractivity (Wildman–Crippen MR) is 110 cm³/mol. The van der Waals surface area contributed by atoms with Crippen LogP contribution in [0.15, 0.2) is 74.5 Å². The Morgan fingerprint density at radius 1 is 1.10 bits per heavy atom. The zero-order chi connectivity index (χ0) is 21.5. The molecule has 6 nitrogen and oxygen atoms in total. The van der Waals surface area contributed by atoms with Crippen molar-refractivity contribution in [1.29, 1.82) is 0 Å². The van der Waals surface area contributed by atoms with E-state index in [2.05, 4.69) is 0 Å². The Morgan fingerprint density at radius 3 is 2.74 bits per heavy atom. The molecule has 0 radical (unpaired) electrons. The zero-order valence-electron chi connectivity index (χ0n) is 16.6. The number of ether oxygens (including phenoxy) is 1. The van der Waals surface area contributed by atoms with Gasteiger partial charge >= 0.3 is 0 Å². The van der Waals surface area contributed by atoms with Gasteiger partial charge in [0.15, 0.2) is 5.43 Å². The summed E-state index contributed by atoms with van der Waals surface area (Å²) >= 11 is 0. The summed E-state index contributed by atoms with van der Waals surface area (Å²) in [6.45, 7) is 2.50. The van der Waals surface area contributed by atoms with Crippen molar-refractivity contribution in [3.8, 4) is 5.75 Å². The van der Waals surface area contributed by atoms with E-state index in [1.807, 2.05) is 13.0 Å². The number of rotatable bonds is 5. The maximum atomic E-state index is 13.8. The predicted octanol–water partition coefficient (Wildman–Crippen LogP) is 4.67. The smallest absolute Gasteiger partial charge is 0.291 e. The average Bonchev–Trinajstić information content (AvgIpc) is 3.37. The second-order valence-electron chi connectivity index (χ2n) is 7.23. The molecule has 2 aromatic carbocycles. The van der Waals surface area contributed by atoms with Crippen LogP contribution < -0.4 is 10.2 Å². The number of benzene rings is 2. The molecule has 156 valence electrons. The summed E-state index contributed by atoms with van der Waals surface area (Å²) in [6.07, 6.45) is 1.52. The van der Waals surface area contributed by atoms with Crippen LogP contribution in [0.2, 0.25) is 0 Å². The average molecular weight is 419 g/mol. The third-order valence-electron chi connectivity index (χ3n) is 5.32. The molecule has 0 saturated heterocycles. The first-order valence-corrected chi connectivity index (χ1v) is 9.89. The van der Waals surface area contributed by atoms with Crippen molar-refractivity contribution < 1.29 is 22.8 Å². The van der Waals surface area contributed by atoms with Crippen LogP contribution in [0.4, 0.5) is 4.39 Å². The highest BCUT2D eigenvalue weighted by Gasteiger charge is 2.43. The summed E-state index contributed by atoms with van der Waals surface area (Å²) in [5.74, 6) is 0.167. The molecule has 1 unspecified atom stereocenters. The molecule has 2 aromatic heterocycles. The van der Waals surface area contributed by atoms with E-state index in [-0.39, 0.29) is 28.8 Å². The molecule has 1 aliphatic heterocycles. The number of fused-ring (bicyclic) bond motifs is 2. The number of halogens is 1. The molecule has 1 amide bonds. The van der Waals surface area contributed by atoms with Gasteiger partial charge in [0.05, 0.1) is 36.4 Å². The van der Waals surface area contributed by atoms with Gasteiger partial charge in [0.25, 0.3) is 5.91 Å². The summed E-state index contributed by atoms with van der Waals surface area (Å²) in [5.41, 5.74) is 0.606. The molecule has 0 spiro atoms. The Balaban J connectivity index is 1.73. The minimum absolute atomic E-state index is 0.0394. The molecule has 0 bridgehead atoms. The first kappa shape index (κ1) is 19.1. The van der Waals surface area contributed by atoms with Gasteiger partial charge in [-0.2, -0.15) is 0 Å². The third kappa shape index (κ3) is 3.18. The normalized spacial score (nSPS) is 15.5. The highest BCUT2D eigenvalue weighted by Crippen LogP contribution is 2.40. The summed E-state index contributed by atoms with van der Waals surface area (Å²) in [6, 6.07) is 13.7. The van der Waals surface area contributed by atoms with Crippen LogP contribution in [0.1, 0.15) is 40.4 Å². The summed E-state index contributed by atoms with van der Waals surface area (Å²) in [7, 11) is 0.